The number of nitrogens with one attached hydrogen (secondary N) is 3. The highest BCUT2D eigenvalue weighted by Gasteiger charge is 2.36. The van der Waals surface area contributed by atoms with Crippen LogP contribution < -0.4 is 16.0 Å². The van der Waals surface area contributed by atoms with Gasteiger partial charge in [-0.2, -0.15) is 0 Å². The molecule has 3 atom stereocenters. The van der Waals surface area contributed by atoms with Crippen molar-refractivity contribution in [2.45, 2.75) is 50.2 Å². The Balaban J connectivity index is 1.57. The zero-order chi connectivity index (χ0) is 15.5. The van der Waals surface area contributed by atoms with Gasteiger partial charge >= 0.3 is 0 Å². The number of piperazine rings is 1. The zero-order valence-electron chi connectivity index (χ0n) is 12.3. The molecule has 0 bridgehead atoms. The molecule has 1 saturated heterocycles. The van der Waals surface area contributed by atoms with Gasteiger partial charge < -0.3 is 16.0 Å². The number of amides is 2. The smallest absolute Gasteiger partial charge is 0.237 e. The van der Waals surface area contributed by atoms with E-state index in [1.54, 1.807) is 24.3 Å². The van der Waals surface area contributed by atoms with Gasteiger partial charge in [-0.15, -0.1) is 0 Å². The molecule has 22 heavy (non-hydrogen) atoms. The summed E-state index contributed by atoms with van der Waals surface area (Å²) in [7, 11) is 0. The summed E-state index contributed by atoms with van der Waals surface area (Å²) in [6.07, 6.45) is 4.53. The monoisotopic (exact) mass is 321 g/mol. The van der Waals surface area contributed by atoms with Crippen LogP contribution in [0.15, 0.2) is 24.3 Å². The molecule has 2 aliphatic rings. The molecule has 6 heteroatoms. The van der Waals surface area contributed by atoms with Gasteiger partial charge in [0.25, 0.3) is 0 Å². The molecule has 2 amide bonds. The summed E-state index contributed by atoms with van der Waals surface area (Å²) >= 11 is 5.89. The van der Waals surface area contributed by atoms with Crippen molar-refractivity contribution in [1.82, 2.24) is 10.6 Å². The summed E-state index contributed by atoms with van der Waals surface area (Å²) in [6, 6.07) is 7.02. The Morgan fingerprint density at radius 2 is 2.05 bits per heavy atom. The largest absolute Gasteiger partial charge is 0.350 e. The molecule has 3 rings (SSSR count). The minimum absolute atomic E-state index is 0.0793. The van der Waals surface area contributed by atoms with Gasteiger partial charge in [0.2, 0.25) is 11.8 Å². The molecule has 1 heterocycles. The van der Waals surface area contributed by atoms with E-state index in [0.29, 0.717) is 10.7 Å². The summed E-state index contributed by atoms with van der Waals surface area (Å²) in [5.74, 6) is -0.270. The second-order valence-electron chi connectivity index (χ2n) is 5.99. The standard InChI is InChI=1S/C16H20ClN3O2/c17-10-4-3-5-11(8-10)18-15(21)9-14-16(22)20-13-7-2-1-6-12(13)19-14/h3-5,8,12-14,19H,1-2,6-7,9H2,(H,18,21)(H,20,22)/t12-,13-,14+/m1/s1. The van der Waals surface area contributed by atoms with Crippen LogP contribution in [0.25, 0.3) is 0 Å². The van der Waals surface area contributed by atoms with Gasteiger partial charge in [-0.3, -0.25) is 9.59 Å². The first-order valence-corrected chi connectivity index (χ1v) is 8.11. The van der Waals surface area contributed by atoms with Crippen molar-refractivity contribution >= 4 is 29.1 Å². The molecule has 0 aromatic heterocycles. The highest BCUT2D eigenvalue weighted by Crippen LogP contribution is 2.22. The Kier molecular flexibility index (Phi) is 4.64. The molecule has 1 aliphatic carbocycles. The average Bonchev–Trinajstić information content (AvgIpc) is 2.48. The van der Waals surface area contributed by atoms with Crippen LogP contribution in [0.2, 0.25) is 5.02 Å². The number of rotatable bonds is 3. The van der Waals surface area contributed by atoms with E-state index in [-0.39, 0.29) is 30.3 Å². The van der Waals surface area contributed by atoms with E-state index in [9.17, 15) is 9.59 Å². The van der Waals surface area contributed by atoms with Gasteiger partial charge in [0.05, 0.1) is 12.5 Å². The summed E-state index contributed by atoms with van der Waals surface area (Å²) in [4.78, 5) is 24.2. The molecule has 3 N–H and O–H groups in total. The van der Waals surface area contributed by atoms with Crippen molar-refractivity contribution in [2.75, 3.05) is 5.32 Å². The fourth-order valence-corrected chi connectivity index (χ4v) is 3.43. The van der Waals surface area contributed by atoms with E-state index in [1.165, 1.54) is 6.42 Å². The maximum Gasteiger partial charge on any atom is 0.237 e. The Hall–Kier alpha value is -1.59. The minimum atomic E-state index is -0.460. The third kappa shape index (κ3) is 3.59. The summed E-state index contributed by atoms with van der Waals surface area (Å²) in [6.45, 7) is 0. The van der Waals surface area contributed by atoms with Gasteiger partial charge in [0, 0.05) is 22.8 Å². The van der Waals surface area contributed by atoms with Crippen LogP contribution in [0.4, 0.5) is 5.69 Å². The lowest BCUT2D eigenvalue weighted by atomic mass is 9.87. The first-order valence-electron chi connectivity index (χ1n) is 7.73. The quantitative estimate of drug-likeness (QED) is 0.798. The molecule has 1 aromatic carbocycles. The Bertz CT molecular complexity index is 578. The molecule has 1 aromatic rings. The number of carbonyl (C=O) groups excluding carboxylic acids is 2. The van der Waals surface area contributed by atoms with Crippen LogP contribution in [-0.2, 0) is 9.59 Å². The van der Waals surface area contributed by atoms with Crippen LogP contribution in [-0.4, -0.2) is 29.9 Å². The first kappa shape index (κ1) is 15.3. The number of benzene rings is 1. The van der Waals surface area contributed by atoms with Crippen molar-refractivity contribution in [1.29, 1.82) is 0 Å². The van der Waals surface area contributed by atoms with E-state index >= 15 is 0 Å². The molecule has 0 spiro atoms. The zero-order valence-corrected chi connectivity index (χ0v) is 13.0. The predicted octanol–water partition coefficient (Wildman–Crippen LogP) is 2.07. The topological polar surface area (TPSA) is 70.2 Å². The average molecular weight is 322 g/mol. The second-order valence-corrected chi connectivity index (χ2v) is 6.42. The summed E-state index contributed by atoms with van der Waals surface area (Å²) in [5, 5.41) is 9.72. The third-order valence-electron chi connectivity index (χ3n) is 4.32. The third-order valence-corrected chi connectivity index (χ3v) is 4.56. The van der Waals surface area contributed by atoms with Gasteiger partial charge in [0.1, 0.15) is 0 Å². The van der Waals surface area contributed by atoms with Crippen LogP contribution in [0.5, 0.6) is 0 Å². The molecular weight excluding hydrogens is 302 g/mol. The van der Waals surface area contributed by atoms with Gasteiger partial charge in [-0.1, -0.05) is 30.5 Å². The maximum atomic E-state index is 12.1. The molecule has 2 fully saturated rings. The molecule has 0 unspecified atom stereocenters. The fraction of sp³-hybridized carbons (Fsp3) is 0.500. The lowest BCUT2D eigenvalue weighted by Gasteiger charge is -2.40. The molecule has 1 saturated carbocycles. The highest BCUT2D eigenvalue weighted by atomic mass is 35.5. The van der Waals surface area contributed by atoms with Gasteiger partial charge in [-0.05, 0) is 31.0 Å². The molecule has 0 radical (unpaired) electrons. The van der Waals surface area contributed by atoms with Crippen molar-refractivity contribution in [3.05, 3.63) is 29.3 Å². The second kappa shape index (κ2) is 6.67. The molecular formula is C16H20ClN3O2. The van der Waals surface area contributed by atoms with Gasteiger partial charge in [0.15, 0.2) is 0 Å². The SMILES string of the molecule is O=C(C[C@@H]1N[C@@H]2CCCC[C@H]2NC1=O)Nc1cccc(Cl)c1. The van der Waals surface area contributed by atoms with Crippen LogP contribution >= 0.6 is 11.6 Å². The lowest BCUT2D eigenvalue weighted by Crippen LogP contribution is -2.65. The van der Waals surface area contributed by atoms with Gasteiger partial charge in [-0.25, -0.2) is 0 Å². The van der Waals surface area contributed by atoms with Crippen LogP contribution in [0, 0.1) is 0 Å². The van der Waals surface area contributed by atoms with Crippen molar-refractivity contribution in [3.63, 3.8) is 0 Å². The molecule has 5 nitrogen and oxygen atoms in total. The van der Waals surface area contributed by atoms with E-state index in [1.807, 2.05) is 0 Å². The lowest BCUT2D eigenvalue weighted by molar-refractivity contribution is -0.129. The molecule has 1 aliphatic heterocycles. The Morgan fingerprint density at radius 3 is 2.82 bits per heavy atom. The number of halogens is 1. The number of carbonyl (C=O) groups is 2. The number of fused-ring (bicyclic) bond motifs is 1. The van der Waals surface area contributed by atoms with E-state index in [0.717, 1.165) is 19.3 Å². The minimum Gasteiger partial charge on any atom is -0.350 e. The van der Waals surface area contributed by atoms with E-state index < -0.39 is 6.04 Å². The number of anilines is 1. The fourth-order valence-electron chi connectivity index (χ4n) is 3.24. The summed E-state index contributed by atoms with van der Waals surface area (Å²) in [5.41, 5.74) is 0.643. The Morgan fingerprint density at radius 1 is 1.27 bits per heavy atom. The van der Waals surface area contributed by atoms with Crippen molar-refractivity contribution in [2.24, 2.45) is 0 Å². The highest BCUT2D eigenvalue weighted by molar-refractivity contribution is 6.30. The summed E-state index contributed by atoms with van der Waals surface area (Å²) < 4.78 is 0. The van der Waals surface area contributed by atoms with Crippen LogP contribution in [0.1, 0.15) is 32.1 Å². The van der Waals surface area contributed by atoms with Crippen LogP contribution in [0.3, 0.4) is 0 Å². The number of hydrogen-bond acceptors (Lipinski definition) is 3. The van der Waals surface area contributed by atoms with Crippen molar-refractivity contribution < 1.29 is 9.59 Å². The number of hydrogen-bond donors (Lipinski definition) is 3. The Labute approximate surface area is 134 Å². The maximum absolute atomic E-state index is 12.1. The first-order chi connectivity index (χ1) is 10.6. The van der Waals surface area contributed by atoms with E-state index in [4.69, 9.17) is 11.6 Å². The molecule has 118 valence electrons. The predicted molar refractivity (Wildman–Crippen MR) is 85.8 cm³/mol. The van der Waals surface area contributed by atoms with E-state index in [2.05, 4.69) is 16.0 Å². The normalized spacial score (nSPS) is 27.7. The van der Waals surface area contributed by atoms with Crippen molar-refractivity contribution in [3.8, 4) is 0 Å².